The van der Waals surface area contributed by atoms with Crippen molar-refractivity contribution < 1.29 is 0 Å². The summed E-state index contributed by atoms with van der Waals surface area (Å²) in [6.07, 6.45) is 0. The van der Waals surface area contributed by atoms with Crippen molar-refractivity contribution in [1.29, 1.82) is 5.26 Å². The van der Waals surface area contributed by atoms with E-state index < -0.39 is 5.56 Å². The normalized spacial score (nSPS) is 10.2. The van der Waals surface area contributed by atoms with Gasteiger partial charge in [-0.2, -0.15) is 5.26 Å². The summed E-state index contributed by atoms with van der Waals surface area (Å²) in [5, 5.41) is 9.80. The first kappa shape index (κ1) is 14.1. The van der Waals surface area contributed by atoms with Gasteiger partial charge in [0.05, 0.1) is 0 Å². The molecule has 0 spiro atoms. The Labute approximate surface area is 132 Å². The molecule has 22 heavy (non-hydrogen) atoms. The molecule has 0 saturated heterocycles. The van der Waals surface area contributed by atoms with E-state index in [1.807, 2.05) is 48.5 Å². The summed E-state index contributed by atoms with van der Waals surface area (Å²) in [5.74, 6) is 0. The largest absolute Gasteiger partial charge is 0.321 e. The molecule has 1 aromatic heterocycles. The van der Waals surface area contributed by atoms with Gasteiger partial charge in [-0.15, -0.1) is 0 Å². The standard InChI is InChI=1S/C18H11ClN2O/c19-16-9-5-4-8-13(16)14-10-17(12-6-2-1-3-7-12)21-18(22)15(14)11-20/h1-10H,(H,21,22). The lowest BCUT2D eigenvalue weighted by Crippen LogP contribution is -2.12. The van der Waals surface area contributed by atoms with Gasteiger partial charge < -0.3 is 4.98 Å². The van der Waals surface area contributed by atoms with Crippen LogP contribution < -0.4 is 5.56 Å². The van der Waals surface area contributed by atoms with Crippen molar-refractivity contribution in [2.24, 2.45) is 0 Å². The molecular weight excluding hydrogens is 296 g/mol. The lowest BCUT2D eigenvalue weighted by atomic mass is 9.99. The number of nitrogens with zero attached hydrogens (tertiary/aromatic N) is 1. The first-order valence-corrected chi connectivity index (χ1v) is 7.06. The molecule has 0 atom stereocenters. The number of aromatic nitrogens is 1. The topological polar surface area (TPSA) is 56.6 Å². The maximum atomic E-state index is 12.2. The monoisotopic (exact) mass is 306 g/mol. The summed E-state index contributed by atoms with van der Waals surface area (Å²) in [7, 11) is 0. The lowest BCUT2D eigenvalue weighted by molar-refractivity contribution is 1.22. The minimum atomic E-state index is -0.418. The number of nitrogens with one attached hydrogen (secondary N) is 1. The summed E-state index contributed by atoms with van der Waals surface area (Å²) in [6, 6.07) is 20.4. The number of H-pyrrole nitrogens is 1. The summed E-state index contributed by atoms with van der Waals surface area (Å²) in [4.78, 5) is 15.0. The number of rotatable bonds is 2. The number of halogens is 1. The molecule has 106 valence electrons. The molecule has 0 bridgehead atoms. The highest BCUT2D eigenvalue weighted by Gasteiger charge is 2.14. The molecule has 1 heterocycles. The van der Waals surface area contributed by atoms with Crippen LogP contribution in [0.4, 0.5) is 0 Å². The highest BCUT2D eigenvalue weighted by atomic mass is 35.5. The van der Waals surface area contributed by atoms with E-state index in [9.17, 15) is 10.1 Å². The van der Waals surface area contributed by atoms with E-state index in [1.54, 1.807) is 18.2 Å². The Bertz CT molecular complexity index is 924. The maximum absolute atomic E-state index is 12.2. The minimum absolute atomic E-state index is 0.0628. The van der Waals surface area contributed by atoms with Crippen LogP contribution in [0.3, 0.4) is 0 Å². The number of aromatic amines is 1. The van der Waals surface area contributed by atoms with Gasteiger partial charge >= 0.3 is 0 Å². The minimum Gasteiger partial charge on any atom is -0.321 e. The van der Waals surface area contributed by atoms with Crippen LogP contribution in [-0.2, 0) is 0 Å². The zero-order valence-electron chi connectivity index (χ0n) is 11.5. The van der Waals surface area contributed by atoms with Gasteiger partial charge in [-0.3, -0.25) is 4.79 Å². The molecule has 4 heteroatoms. The van der Waals surface area contributed by atoms with Crippen molar-refractivity contribution in [2.75, 3.05) is 0 Å². The summed E-state index contributed by atoms with van der Waals surface area (Å²) in [6.45, 7) is 0. The van der Waals surface area contributed by atoms with Crippen LogP contribution in [0.5, 0.6) is 0 Å². The molecule has 2 aromatic carbocycles. The predicted octanol–water partition coefficient (Wildman–Crippen LogP) is 4.23. The van der Waals surface area contributed by atoms with Crippen LogP contribution in [0, 0.1) is 11.3 Å². The SMILES string of the molecule is N#Cc1c(-c2ccccc2Cl)cc(-c2ccccc2)[nH]c1=O. The number of pyridine rings is 1. The molecule has 0 amide bonds. The van der Waals surface area contributed by atoms with E-state index in [4.69, 9.17) is 11.6 Å². The van der Waals surface area contributed by atoms with E-state index in [0.29, 0.717) is 21.8 Å². The smallest absolute Gasteiger partial charge is 0.266 e. The first-order valence-electron chi connectivity index (χ1n) is 6.68. The Balaban J connectivity index is 2.30. The van der Waals surface area contributed by atoms with Gasteiger partial charge in [0, 0.05) is 21.8 Å². The Hall–Kier alpha value is -2.83. The van der Waals surface area contributed by atoms with Crippen LogP contribution >= 0.6 is 11.6 Å². The molecule has 3 nitrogen and oxygen atoms in total. The van der Waals surface area contributed by atoms with Gasteiger partial charge in [0.2, 0.25) is 0 Å². The van der Waals surface area contributed by atoms with E-state index >= 15 is 0 Å². The van der Waals surface area contributed by atoms with E-state index in [-0.39, 0.29) is 5.56 Å². The molecule has 3 rings (SSSR count). The van der Waals surface area contributed by atoms with E-state index in [0.717, 1.165) is 5.56 Å². The Kier molecular flexibility index (Phi) is 3.78. The number of benzene rings is 2. The fraction of sp³-hybridized carbons (Fsp3) is 0. The van der Waals surface area contributed by atoms with Crippen LogP contribution in [0.25, 0.3) is 22.4 Å². The van der Waals surface area contributed by atoms with Crippen molar-refractivity contribution in [3.8, 4) is 28.5 Å². The van der Waals surface area contributed by atoms with Crippen LogP contribution in [0.1, 0.15) is 5.56 Å². The second kappa shape index (κ2) is 5.88. The molecule has 1 N–H and O–H groups in total. The molecule has 0 aliphatic heterocycles. The van der Waals surface area contributed by atoms with Gasteiger partial charge in [-0.25, -0.2) is 0 Å². The Morgan fingerprint density at radius 1 is 0.955 bits per heavy atom. The molecule has 0 aliphatic rings. The van der Waals surface area contributed by atoms with Crippen molar-refractivity contribution in [3.63, 3.8) is 0 Å². The average Bonchev–Trinajstić information content (AvgIpc) is 2.55. The zero-order chi connectivity index (χ0) is 15.5. The molecule has 0 aliphatic carbocycles. The highest BCUT2D eigenvalue weighted by Crippen LogP contribution is 2.31. The van der Waals surface area contributed by atoms with Gasteiger partial charge in [0.15, 0.2) is 0 Å². The molecule has 0 unspecified atom stereocenters. The quantitative estimate of drug-likeness (QED) is 0.770. The number of nitriles is 1. The van der Waals surface area contributed by atoms with E-state index in [1.165, 1.54) is 0 Å². The van der Waals surface area contributed by atoms with Crippen molar-refractivity contribution >= 4 is 11.6 Å². The first-order chi connectivity index (χ1) is 10.7. The van der Waals surface area contributed by atoms with Crippen molar-refractivity contribution in [3.05, 3.63) is 81.6 Å². The second-order valence-corrected chi connectivity index (χ2v) is 5.17. The van der Waals surface area contributed by atoms with Crippen molar-refractivity contribution in [2.45, 2.75) is 0 Å². The fourth-order valence-electron chi connectivity index (χ4n) is 2.34. The van der Waals surface area contributed by atoms with E-state index in [2.05, 4.69) is 4.98 Å². The second-order valence-electron chi connectivity index (χ2n) is 4.76. The maximum Gasteiger partial charge on any atom is 0.266 e. The lowest BCUT2D eigenvalue weighted by Gasteiger charge is -2.09. The molecule has 0 radical (unpaired) electrons. The fourth-order valence-corrected chi connectivity index (χ4v) is 2.57. The average molecular weight is 307 g/mol. The van der Waals surface area contributed by atoms with Gasteiger partial charge in [0.25, 0.3) is 5.56 Å². The summed E-state index contributed by atoms with van der Waals surface area (Å²) in [5.41, 5.74) is 2.38. The van der Waals surface area contributed by atoms with Gasteiger partial charge in [-0.05, 0) is 17.7 Å². The third-order valence-corrected chi connectivity index (χ3v) is 3.72. The Morgan fingerprint density at radius 2 is 1.64 bits per heavy atom. The number of hydrogen-bond acceptors (Lipinski definition) is 2. The number of hydrogen-bond donors (Lipinski definition) is 1. The third-order valence-electron chi connectivity index (χ3n) is 3.39. The van der Waals surface area contributed by atoms with Crippen LogP contribution in [0.2, 0.25) is 5.02 Å². The van der Waals surface area contributed by atoms with Crippen molar-refractivity contribution in [1.82, 2.24) is 4.98 Å². The molecular formula is C18H11ClN2O. The van der Waals surface area contributed by atoms with Gasteiger partial charge in [-0.1, -0.05) is 60.1 Å². The molecule has 0 saturated carbocycles. The highest BCUT2D eigenvalue weighted by molar-refractivity contribution is 6.33. The van der Waals surface area contributed by atoms with Crippen LogP contribution in [-0.4, -0.2) is 4.98 Å². The predicted molar refractivity (Wildman–Crippen MR) is 87.7 cm³/mol. The molecule has 3 aromatic rings. The Morgan fingerprint density at radius 3 is 2.32 bits per heavy atom. The van der Waals surface area contributed by atoms with Gasteiger partial charge in [0.1, 0.15) is 11.6 Å². The summed E-state index contributed by atoms with van der Waals surface area (Å²) < 4.78 is 0. The third kappa shape index (κ3) is 2.52. The van der Waals surface area contributed by atoms with Crippen LogP contribution in [0.15, 0.2) is 65.5 Å². The summed E-state index contributed by atoms with van der Waals surface area (Å²) >= 11 is 6.22. The zero-order valence-corrected chi connectivity index (χ0v) is 12.3. The molecule has 0 fully saturated rings.